The van der Waals surface area contributed by atoms with Crippen molar-refractivity contribution in [2.75, 3.05) is 27.7 Å². The summed E-state index contributed by atoms with van der Waals surface area (Å²) < 4.78 is 0.550. The van der Waals surface area contributed by atoms with Crippen LogP contribution in [0.2, 0.25) is 0 Å². The number of rotatable bonds is 4. The fourth-order valence-electron chi connectivity index (χ4n) is 0.889. The van der Waals surface area contributed by atoms with Crippen molar-refractivity contribution in [2.45, 2.75) is 12.5 Å². The predicted molar refractivity (Wildman–Crippen MR) is 38.5 cm³/mol. The summed E-state index contributed by atoms with van der Waals surface area (Å²) in [6.45, 7) is 0.425. The molecule has 0 amide bonds. The van der Waals surface area contributed by atoms with E-state index in [2.05, 4.69) is 0 Å². The fraction of sp³-hybridized carbons (Fsp3) is 0.857. The maximum Gasteiger partial charge on any atom is 0.108 e. The predicted octanol–water partition coefficient (Wildman–Crippen LogP) is -1.81. The van der Waals surface area contributed by atoms with Crippen LogP contribution in [0.1, 0.15) is 6.42 Å². The molecule has 4 heteroatoms. The lowest BCUT2D eigenvalue weighted by atomic mass is 10.3. The Morgan fingerprint density at radius 2 is 2.00 bits per heavy atom. The number of nitrogens with zero attached hydrogens (tertiary/aromatic N) is 1. The van der Waals surface area contributed by atoms with Gasteiger partial charge in [-0.2, -0.15) is 0 Å². The van der Waals surface area contributed by atoms with E-state index in [1.165, 1.54) is 0 Å². The lowest BCUT2D eigenvalue weighted by molar-refractivity contribution is -0.873. The smallest absolute Gasteiger partial charge is 0.108 e. The van der Waals surface area contributed by atoms with Crippen molar-refractivity contribution in [2.24, 2.45) is 0 Å². The third kappa shape index (κ3) is 7.29. The molecule has 0 rings (SSSR count). The van der Waals surface area contributed by atoms with Gasteiger partial charge in [0.25, 0.3) is 0 Å². The monoisotopic (exact) mass is 162 g/mol. The maximum absolute atomic E-state index is 10.0. The van der Waals surface area contributed by atoms with Gasteiger partial charge in [0.2, 0.25) is 0 Å². The molecule has 0 spiro atoms. The Morgan fingerprint density at radius 1 is 1.55 bits per heavy atom. The fourth-order valence-corrected chi connectivity index (χ4v) is 0.889. The third-order valence-corrected chi connectivity index (χ3v) is 1.16. The second kappa shape index (κ2) is 3.69. The van der Waals surface area contributed by atoms with Crippen molar-refractivity contribution >= 4 is 5.97 Å². The molecule has 0 fully saturated rings. The van der Waals surface area contributed by atoms with E-state index in [1.807, 2.05) is 21.1 Å². The van der Waals surface area contributed by atoms with Gasteiger partial charge in [-0.1, -0.05) is 0 Å². The van der Waals surface area contributed by atoms with E-state index in [1.54, 1.807) is 0 Å². The average Bonchev–Trinajstić information content (AvgIpc) is 1.53. The lowest BCUT2D eigenvalue weighted by Crippen LogP contribution is -2.43. The highest BCUT2D eigenvalue weighted by atomic mass is 16.5. The number of likely N-dealkylation sites (N-methyl/N-ethyl adjacent to an activating group) is 1. The number of carboxylic acids is 1. The normalized spacial score (nSPS) is 14.5. The quantitative estimate of drug-likeness (QED) is 0.391. The molecular formula is C7H15NO3. The summed E-state index contributed by atoms with van der Waals surface area (Å²) >= 11 is 0. The minimum atomic E-state index is -1.20. The third-order valence-electron chi connectivity index (χ3n) is 1.16. The first-order valence-corrected chi connectivity index (χ1v) is 3.49. The van der Waals surface area contributed by atoms with Crippen LogP contribution in [-0.4, -0.2) is 49.4 Å². The van der Waals surface area contributed by atoms with Crippen LogP contribution in [-0.2, 0) is 4.79 Å². The molecule has 0 aliphatic heterocycles. The molecule has 11 heavy (non-hydrogen) atoms. The summed E-state index contributed by atoms with van der Waals surface area (Å²) in [5, 5.41) is 19.1. The van der Waals surface area contributed by atoms with Crippen LogP contribution >= 0.6 is 0 Å². The van der Waals surface area contributed by atoms with Crippen molar-refractivity contribution in [1.29, 1.82) is 0 Å². The van der Waals surface area contributed by atoms with Crippen LogP contribution in [0.25, 0.3) is 0 Å². The second-order valence-corrected chi connectivity index (χ2v) is 3.70. The van der Waals surface area contributed by atoms with E-state index < -0.39 is 12.1 Å². The Bertz CT molecular complexity index is 139. The van der Waals surface area contributed by atoms with E-state index in [0.29, 0.717) is 11.0 Å². The number of quaternary nitrogens is 1. The molecular weight excluding hydrogens is 147 g/mol. The van der Waals surface area contributed by atoms with Gasteiger partial charge < -0.3 is 19.5 Å². The number of aliphatic hydroxyl groups is 1. The number of carboxylic acid groups (broad SMARTS) is 1. The molecule has 0 heterocycles. The summed E-state index contributed by atoms with van der Waals surface area (Å²) in [4.78, 5) is 10.0. The zero-order valence-electron chi connectivity index (χ0n) is 7.20. The summed E-state index contributed by atoms with van der Waals surface area (Å²) in [6, 6.07) is 0. The molecule has 0 radical (unpaired) electrons. The number of carbonyl (C=O) groups excluding carboxylic acids is 1. The molecule has 0 saturated heterocycles. The van der Waals surface area contributed by atoms with Crippen LogP contribution < -0.4 is 5.11 Å². The number of hydrogen-bond donors (Lipinski definition) is 1. The molecule has 0 aliphatic rings. The summed E-state index contributed by atoms with van der Waals surface area (Å²) in [5.41, 5.74) is 0. The molecule has 0 saturated carbocycles. The van der Waals surface area contributed by atoms with E-state index in [0.717, 1.165) is 0 Å². The molecule has 0 aliphatic carbocycles. The molecule has 1 N–H and O–H groups in total. The van der Waals surface area contributed by atoms with Gasteiger partial charge >= 0.3 is 0 Å². The molecule has 0 aromatic heterocycles. The highest BCUT2D eigenvalue weighted by Gasteiger charge is 2.14. The first kappa shape index (κ1) is 10.4. The molecule has 1 atom stereocenters. The van der Waals surface area contributed by atoms with Gasteiger partial charge in [0.1, 0.15) is 12.6 Å². The Labute approximate surface area is 66.6 Å². The summed E-state index contributed by atoms with van der Waals surface area (Å²) in [5.74, 6) is -1.20. The number of hydrogen-bond acceptors (Lipinski definition) is 3. The van der Waals surface area contributed by atoms with Gasteiger partial charge in [-0.15, -0.1) is 0 Å². The summed E-state index contributed by atoms with van der Waals surface area (Å²) in [7, 11) is 5.66. The topological polar surface area (TPSA) is 60.4 Å². The van der Waals surface area contributed by atoms with E-state index in [9.17, 15) is 9.90 Å². The van der Waals surface area contributed by atoms with Crippen LogP contribution in [0.4, 0.5) is 0 Å². The standard InChI is InChI=1S/C7H15NO3/c1-8(2,3)5-6(9)4-7(10)11/h6,9H,4-5H2,1-3H3/t6-/m0/s1/i7+1. The number of aliphatic hydroxyl groups excluding tert-OH is 1. The molecule has 66 valence electrons. The van der Waals surface area contributed by atoms with Crippen molar-refractivity contribution in [3.05, 3.63) is 0 Å². The zero-order valence-corrected chi connectivity index (χ0v) is 7.20. The first-order valence-electron chi connectivity index (χ1n) is 3.49. The first-order chi connectivity index (χ1) is 4.81. The van der Waals surface area contributed by atoms with Gasteiger partial charge in [-0.3, -0.25) is 0 Å². The van der Waals surface area contributed by atoms with Crippen molar-refractivity contribution in [1.82, 2.24) is 0 Å². The zero-order chi connectivity index (χ0) is 9.07. The van der Waals surface area contributed by atoms with Gasteiger partial charge in [0.05, 0.1) is 21.1 Å². The molecule has 0 unspecified atom stereocenters. The Morgan fingerprint density at radius 3 is 2.27 bits per heavy atom. The van der Waals surface area contributed by atoms with Gasteiger partial charge in [-0.25, -0.2) is 0 Å². The number of carbonyl (C=O) groups is 1. The van der Waals surface area contributed by atoms with Crippen LogP contribution in [0.5, 0.6) is 0 Å². The lowest BCUT2D eigenvalue weighted by Gasteiger charge is -2.26. The number of aliphatic carboxylic acids is 1. The van der Waals surface area contributed by atoms with Gasteiger partial charge in [-0.05, 0) is 0 Å². The maximum atomic E-state index is 10.0. The molecule has 0 bridgehead atoms. The van der Waals surface area contributed by atoms with Crippen LogP contribution in [0.15, 0.2) is 0 Å². The van der Waals surface area contributed by atoms with Gasteiger partial charge in [0, 0.05) is 12.4 Å². The second-order valence-electron chi connectivity index (χ2n) is 3.70. The molecule has 4 nitrogen and oxygen atoms in total. The van der Waals surface area contributed by atoms with Crippen molar-refractivity contribution in [3.8, 4) is 0 Å². The van der Waals surface area contributed by atoms with E-state index in [4.69, 9.17) is 5.11 Å². The van der Waals surface area contributed by atoms with Crippen molar-refractivity contribution in [3.63, 3.8) is 0 Å². The summed E-state index contributed by atoms with van der Waals surface area (Å²) in [6.07, 6.45) is -1.09. The highest BCUT2D eigenvalue weighted by molar-refractivity contribution is 5.64. The Balaban J connectivity index is 3.69. The molecule has 0 aromatic carbocycles. The van der Waals surface area contributed by atoms with Crippen molar-refractivity contribution < 1.29 is 19.5 Å². The Hall–Kier alpha value is -0.610. The minimum absolute atomic E-state index is 0.282. The SMILES string of the molecule is C[N+](C)(C)C[C@@H](O)C[13C](=O)[O-]. The minimum Gasteiger partial charge on any atom is -0.550 e. The Kier molecular flexibility index (Phi) is 3.48. The molecule has 0 aromatic rings. The van der Waals surface area contributed by atoms with E-state index >= 15 is 0 Å². The largest absolute Gasteiger partial charge is 0.550 e. The van der Waals surface area contributed by atoms with Crippen LogP contribution in [0.3, 0.4) is 0 Å². The van der Waals surface area contributed by atoms with E-state index in [-0.39, 0.29) is 6.42 Å². The van der Waals surface area contributed by atoms with Gasteiger partial charge in [0.15, 0.2) is 0 Å². The highest BCUT2D eigenvalue weighted by Crippen LogP contribution is 1.97. The average molecular weight is 162 g/mol. The van der Waals surface area contributed by atoms with Crippen LogP contribution in [0, 0.1) is 0 Å².